The molecular formula is C18H21NO2. The molecule has 1 heterocycles. The summed E-state index contributed by atoms with van der Waals surface area (Å²) in [6.45, 7) is 3.64. The fraction of sp³-hybridized carbons (Fsp3) is 0.500. The molecule has 3 nitrogen and oxygen atoms in total. The largest absolute Gasteiger partial charge is 0.384 e. The van der Waals surface area contributed by atoms with Gasteiger partial charge in [-0.1, -0.05) is 18.3 Å². The van der Waals surface area contributed by atoms with Crippen molar-refractivity contribution in [2.24, 2.45) is 11.8 Å². The van der Waals surface area contributed by atoms with Gasteiger partial charge in [0.05, 0.1) is 0 Å². The monoisotopic (exact) mass is 283 g/mol. The zero-order chi connectivity index (χ0) is 14.8. The lowest BCUT2D eigenvalue weighted by molar-refractivity contribution is 0.0780. The van der Waals surface area contributed by atoms with Crippen LogP contribution < -0.4 is 0 Å². The molecule has 21 heavy (non-hydrogen) atoms. The van der Waals surface area contributed by atoms with Crippen LogP contribution in [0.25, 0.3) is 0 Å². The third-order valence-corrected chi connectivity index (χ3v) is 4.65. The van der Waals surface area contributed by atoms with Crippen molar-refractivity contribution >= 4 is 5.91 Å². The Kier molecular flexibility index (Phi) is 3.98. The van der Waals surface area contributed by atoms with E-state index in [1.807, 2.05) is 30.0 Å². The summed E-state index contributed by atoms with van der Waals surface area (Å²) in [7, 11) is 0. The molecule has 1 N–H and O–H groups in total. The van der Waals surface area contributed by atoms with Crippen LogP contribution in [0.3, 0.4) is 0 Å². The number of fused-ring (bicyclic) bond motifs is 1. The minimum atomic E-state index is -0.160. The second-order valence-electron chi connectivity index (χ2n) is 6.21. The second-order valence-corrected chi connectivity index (χ2v) is 6.21. The first-order valence-electron chi connectivity index (χ1n) is 7.68. The topological polar surface area (TPSA) is 40.5 Å². The van der Waals surface area contributed by atoms with Gasteiger partial charge in [0.25, 0.3) is 5.91 Å². The van der Waals surface area contributed by atoms with E-state index < -0.39 is 0 Å². The maximum absolute atomic E-state index is 12.7. The molecule has 2 fully saturated rings. The highest BCUT2D eigenvalue weighted by molar-refractivity contribution is 5.95. The Hall–Kier alpha value is -1.79. The Morgan fingerprint density at radius 3 is 2.67 bits per heavy atom. The van der Waals surface area contributed by atoms with E-state index in [0.717, 1.165) is 29.8 Å². The minimum Gasteiger partial charge on any atom is -0.384 e. The summed E-state index contributed by atoms with van der Waals surface area (Å²) in [6, 6.07) is 5.71. The van der Waals surface area contributed by atoms with Gasteiger partial charge in [-0.25, -0.2) is 0 Å². The van der Waals surface area contributed by atoms with Gasteiger partial charge in [-0.3, -0.25) is 4.79 Å². The third-order valence-electron chi connectivity index (χ3n) is 4.65. The zero-order valence-electron chi connectivity index (χ0n) is 12.4. The van der Waals surface area contributed by atoms with Crippen LogP contribution in [-0.4, -0.2) is 35.6 Å². The van der Waals surface area contributed by atoms with Crippen LogP contribution in [0.1, 0.15) is 40.7 Å². The van der Waals surface area contributed by atoms with Gasteiger partial charge in [0.2, 0.25) is 0 Å². The number of aliphatic hydroxyl groups is 1. The first-order chi connectivity index (χ1) is 10.2. The lowest BCUT2D eigenvalue weighted by atomic mass is 10.0. The second kappa shape index (κ2) is 5.91. The minimum absolute atomic E-state index is 0.125. The number of amides is 1. The summed E-state index contributed by atoms with van der Waals surface area (Å²) < 4.78 is 0. The van der Waals surface area contributed by atoms with Crippen molar-refractivity contribution in [1.29, 1.82) is 0 Å². The summed E-state index contributed by atoms with van der Waals surface area (Å²) in [6.07, 6.45) is 3.87. The van der Waals surface area contributed by atoms with Crippen molar-refractivity contribution < 1.29 is 9.90 Å². The zero-order valence-corrected chi connectivity index (χ0v) is 12.4. The summed E-state index contributed by atoms with van der Waals surface area (Å²) >= 11 is 0. The number of likely N-dealkylation sites (tertiary alicyclic amines) is 1. The average molecular weight is 283 g/mol. The van der Waals surface area contributed by atoms with Gasteiger partial charge in [-0.05, 0) is 55.4 Å². The van der Waals surface area contributed by atoms with Gasteiger partial charge in [0.1, 0.15) is 6.61 Å². The van der Waals surface area contributed by atoms with E-state index >= 15 is 0 Å². The molecule has 1 aliphatic heterocycles. The van der Waals surface area contributed by atoms with Crippen LogP contribution in [0.5, 0.6) is 0 Å². The molecule has 3 heteroatoms. The molecule has 1 saturated carbocycles. The van der Waals surface area contributed by atoms with Crippen LogP contribution in [0.4, 0.5) is 0 Å². The molecule has 0 spiro atoms. The molecule has 1 aromatic carbocycles. The van der Waals surface area contributed by atoms with Gasteiger partial charge in [0.15, 0.2) is 0 Å². The predicted molar refractivity (Wildman–Crippen MR) is 81.9 cm³/mol. The smallest absolute Gasteiger partial charge is 0.253 e. The van der Waals surface area contributed by atoms with Gasteiger partial charge >= 0.3 is 0 Å². The quantitative estimate of drug-likeness (QED) is 0.803. The summed E-state index contributed by atoms with van der Waals surface area (Å²) in [4.78, 5) is 14.7. The van der Waals surface area contributed by atoms with E-state index in [9.17, 15) is 4.79 Å². The van der Waals surface area contributed by atoms with E-state index in [0.29, 0.717) is 11.8 Å². The molecule has 0 bridgehead atoms. The molecule has 2 aliphatic rings. The SMILES string of the molecule is Cc1cc(C#CCO)cc(C(=O)N2CC3CCCC3C2)c1. The van der Waals surface area contributed by atoms with Crippen molar-refractivity contribution in [3.8, 4) is 11.8 Å². The standard InChI is InChI=1S/C18H21NO2/c1-13-8-14(4-3-7-20)10-17(9-13)18(21)19-11-15-5-2-6-16(15)12-19/h8-10,15-16,20H,2,5-7,11-12H2,1H3. The Bertz CT molecular complexity index is 599. The lowest BCUT2D eigenvalue weighted by Gasteiger charge is -2.18. The first kappa shape index (κ1) is 14.2. The van der Waals surface area contributed by atoms with Gasteiger partial charge < -0.3 is 10.0 Å². The van der Waals surface area contributed by atoms with Crippen LogP contribution in [-0.2, 0) is 0 Å². The van der Waals surface area contributed by atoms with E-state index in [1.165, 1.54) is 19.3 Å². The number of aryl methyl sites for hydroxylation is 1. The van der Waals surface area contributed by atoms with Crippen LogP contribution >= 0.6 is 0 Å². The van der Waals surface area contributed by atoms with E-state index in [4.69, 9.17) is 5.11 Å². The Balaban J connectivity index is 1.80. The maximum Gasteiger partial charge on any atom is 0.253 e. The van der Waals surface area contributed by atoms with Crippen LogP contribution in [0.2, 0.25) is 0 Å². The average Bonchev–Trinajstić information content (AvgIpc) is 3.04. The number of benzene rings is 1. The molecule has 1 amide bonds. The molecule has 3 rings (SSSR count). The molecule has 1 saturated heterocycles. The number of hydrogen-bond donors (Lipinski definition) is 1. The Morgan fingerprint density at radius 2 is 2.00 bits per heavy atom. The molecule has 1 aliphatic carbocycles. The maximum atomic E-state index is 12.7. The Morgan fingerprint density at radius 1 is 1.29 bits per heavy atom. The van der Waals surface area contributed by atoms with E-state index in [2.05, 4.69) is 11.8 Å². The highest BCUT2D eigenvalue weighted by Crippen LogP contribution is 2.38. The first-order valence-corrected chi connectivity index (χ1v) is 7.68. The number of rotatable bonds is 1. The fourth-order valence-corrected chi connectivity index (χ4v) is 3.70. The van der Waals surface area contributed by atoms with Crippen molar-refractivity contribution in [2.75, 3.05) is 19.7 Å². The molecule has 2 unspecified atom stereocenters. The fourth-order valence-electron chi connectivity index (χ4n) is 3.70. The normalized spacial score (nSPS) is 23.6. The van der Waals surface area contributed by atoms with Gasteiger partial charge in [-0.15, -0.1) is 0 Å². The molecule has 2 atom stereocenters. The van der Waals surface area contributed by atoms with Crippen molar-refractivity contribution in [3.05, 3.63) is 34.9 Å². The van der Waals surface area contributed by atoms with Crippen LogP contribution in [0, 0.1) is 30.6 Å². The number of carbonyl (C=O) groups is 1. The van der Waals surface area contributed by atoms with Crippen LogP contribution in [0.15, 0.2) is 18.2 Å². The summed E-state index contributed by atoms with van der Waals surface area (Å²) in [5, 5.41) is 8.79. The lowest BCUT2D eigenvalue weighted by Crippen LogP contribution is -2.29. The number of hydrogen-bond acceptors (Lipinski definition) is 2. The summed E-state index contributed by atoms with van der Waals surface area (Å²) in [5.74, 6) is 7.09. The molecule has 0 radical (unpaired) electrons. The molecule has 110 valence electrons. The molecular weight excluding hydrogens is 262 g/mol. The number of aliphatic hydroxyl groups excluding tert-OH is 1. The van der Waals surface area contributed by atoms with E-state index in [1.54, 1.807) is 0 Å². The number of nitrogens with zero attached hydrogens (tertiary/aromatic N) is 1. The van der Waals surface area contributed by atoms with Gasteiger partial charge in [-0.2, -0.15) is 0 Å². The third kappa shape index (κ3) is 2.96. The Labute approximate surface area is 126 Å². The van der Waals surface area contributed by atoms with Crippen molar-refractivity contribution in [1.82, 2.24) is 4.90 Å². The van der Waals surface area contributed by atoms with Crippen molar-refractivity contribution in [3.63, 3.8) is 0 Å². The predicted octanol–water partition coefficient (Wildman–Crippen LogP) is 2.21. The molecule has 1 aromatic rings. The number of carbonyl (C=O) groups excluding carboxylic acids is 1. The van der Waals surface area contributed by atoms with E-state index in [-0.39, 0.29) is 12.5 Å². The van der Waals surface area contributed by atoms with Gasteiger partial charge in [0, 0.05) is 24.2 Å². The summed E-state index contributed by atoms with van der Waals surface area (Å²) in [5.41, 5.74) is 2.55. The molecule has 0 aromatic heterocycles. The highest BCUT2D eigenvalue weighted by Gasteiger charge is 2.38. The van der Waals surface area contributed by atoms with Crippen molar-refractivity contribution in [2.45, 2.75) is 26.2 Å². The highest BCUT2D eigenvalue weighted by atomic mass is 16.2.